The first-order valence-electron chi connectivity index (χ1n) is 7.32. The molecule has 0 saturated heterocycles. The van der Waals surface area contributed by atoms with E-state index in [1.165, 1.54) is 16.0 Å². The molecule has 1 aromatic carbocycles. The lowest BCUT2D eigenvalue weighted by Gasteiger charge is -2.14. The lowest BCUT2D eigenvalue weighted by Crippen LogP contribution is -2.28. The molecule has 0 fully saturated rings. The predicted molar refractivity (Wildman–Crippen MR) is 83.0 cm³/mol. The smallest absolute Gasteiger partial charge is 0.307 e. The number of amides is 1. The zero-order valence-electron chi connectivity index (χ0n) is 12.4. The van der Waals surface area contributed by atoms with E-state index in [2.05, 4.69) is 24.3 Å². The van der Waals surface area contributed by atoms with Gasteiger partial charge in [-0.2, -0.15) is 0 Å². The third kappa shape index (κ3) is 3.01. The third-order valence-electron chi connectivity index (χ3n) is 3.68. The molecule has 0 spiro atoms. The van der Waals surface area contributed by atoms with Crippen LogP contribution in [0.2, 0.25) is 0 Å². The minimum atomic E-state index is -0.288. The van der Waals surface area contributed by atoms with E-state index in [0.29, 0.717) is 18.5 Å². The number of rotatable bonds is 3. The van der Waals surface area contributed by atoms with E-state index < -0.39 is 0 Å². The van der Waals surface area contributed by atoms with Crippen LogP contribution in [0.25, 0.3) is 11.1 Å². The number of carbonyl (C=O) groups excluding carboxylic acids is 2. The average Bonchev–Trinajstić information content (AvgIpc) is 3.01. The Morgan fingerprint density at radius 2 is 1.86 bits per heavy atom. The molecule has 0 saturated carbocycles. The number of carbonyl (C=O) groups is 2. The SMILES string of the molecule is CCC(=O)OCN1Cc2ccccc2C1=O.c1cc2cc-2c1. The predicted octanol–water partition coefficient (Wildman–Crippen LogP) is 3.22. The Bertz CT molecular complexity index is 707. The number of ether oxygens (including phenoxy) is 1. The molecular formula is C18H17NO3. The average molecular weight is 295 g/mol. The molecule has 0 radical (unpaired) electrons. The molecule has 3 aliphatic rings. The van der Waals surface area contributed by atoms with Crippen molar-refractivity contribution in [3.63, 3.8) is 0 Å². The van der Waals surface area contributed by atoms with Crippen molar-refractivity contribution in [2.24, 2.45) is 0 Å². The molecule has 4 nitrogen and oxygen atoms in total. The van der Waals surface area contributed by atoms with E-state index in [9.17, 15) is 9.59 Å². The molecular weight excluding hydrogens is 278 g/mol. The van der Waals surface area contributed by atoms with E-state index in [1.54, 1.807) is 13.0 Å². The molecule has 0 N–H and O–H groups in total. The van der Waals surface area contributed by atoms with Crippen LogP contribution in [0.5, 0.6) is 0 Å². The van der Waals surface area contributed by atoms with Gasteiger partial charge in [0.15, 0.2) is 6.73 Å². The van der Waals surface area contributed by atoms with Gasteiger partial charge in [0.25, 0.3) is 5.91 Å². The zero-order chi connectivity index (χ0) is 15.5. The van der Waals surface area contributed by atoms with Gasteiger partial charge < -0.3 is 9.64 Å². The lowest BCUT2D eigenvalue weighted by atomic mass is 10.1. The van der Waals surface area contributed by atoms with Crippen LogP contribution in [0.3, 0.4) is 0 Å². The highest BCUT2D eigenvalue weighted by Crippen LogP contribution is 2.32. The van der Waals surface area contributed by atoms with Gasteiger partial charge >= 0.3 is 5.97 Å². The van der Waals surface area contributed by atoms with E-state index in [0.717, 1.165) is 5.56 Å². The van der Waals surface area contributed by atoms with Gasteiger partial charge in [-0.05, 0) is 28.8 Å². The molecule has 2 aliphatic carbocycles. The van der Waals surface area contributed by atoms with Gasteiger partial charge in [-0.25, -0.2) is 0 Å². The van der Waals surface area contributed by atoms with Crippen molar-refractivity contribution in [2.45, 2.75) is 19.9 Å². The zero-order valence-corrected chi connectivity index (χ0v) is 12.4. The largest absolute Gasteiger partial charge is 0.444 e. The van der Waals surface area contributed by atoms with Gasteiger partial charge in [0.05, 0.1) is 6.54 Å². The Balaban J connectivity index is 0.000000196. The first kappa shape index (κ1) is 14.3. The van der Waals surface area contributed by atoms with E-state index >= 15 is 0 Å². The molecule has 22 heavy (non-hydrogen) atoms. The Kier molecular flexibility index (Phi) is 3.92. The van der Waals surface area contributed by atoms with Gasteiger partial charge in [0.2, 0.25) is 0 Å². The maximum absolute atomic E-state index is 11.8. The van der Waals surface area contributed by atoms with Crippen molar-refractivity contribution < 1.29 is 14.3 Å². The number of hydrogen-bond donors (Lipinski definition) is 0. The fourth-order valence-corrected chi connectivity index (χ4v) is 2.35. The maximum Gasteiger partial charge on any atom is 0.307 e. The molecule has 1 amide bonds. The van der Waals surface area contributed by atoms with Crippen molar-refractivity contribution in [3.05, 3.63) is 59.7 Å². The third-order valence-corrected chi connectivity index (χ3v) is 3.68. The summed E-state index contributed by atoms with van der Waals surface area (Å²) < 4.78 is 4.94. The van der Waals surface area contributed by atoms with Crippen LogP contribution in [-0.4, -0.2) is 23.5 Å². The topological polar surface area (TPSA) is 46.6 Å². The minimum absolute atomic E-state index is 0.0419. The number of benzene rings is 2. The Morgan fingerprint density at radius 1 is 1.14 bits per heavy atom. The van der Waals surface area contributed by atoms with Crippen LogP contribution >= 0.6 is 0 Å². The summed E-state index contributed by atoms with van der Waals surface area (Å²) in [6, 6.07) is 15.9. The van der Waals surface area contributed by atoms with Crippen LogP contribution in [-0.2, 0) is 16.1 Å². The first-order chi connectivity index (χ1) is 10.7. The van der Waals surface area contributed by atoms with Gasteiger partial charge in [-0.15, -0.1) is 0 Å². The molecule has 0 unspecified atom stereocenters. The van der Waals surface area contributed by atoms with Gasteiger partial charge in [-0.1, -0.05) is 43.3 Å². The molecule has 0 atom stereocenters. The van der Waals surface area contributed by atoms with Crippen LogP contribution in [0.4, 0.5) is 0 Å². The second-order valence-corrected chi connectivity index (χ2v) is 5.24. The Hall–Kier alpha value is -2.62. The van der Waals surface area contributed by atoms with Gasteiger partial charge in [0.1, 0.15) is 0 Å². The highest BCUT2D eigenvalue weighted by atomic mass is 16.5. The standard InChI is InChI=1S/C12H13NO3.C6H4/c1-2-11(14)16-8-13-7-9-5-3-4-6-10(9)12(13)15;1-2-5-4-6(5)3-1/h3-6H,2,7-8H2,1H3;1-4H. The summed E-state index contributed by atoms with van der Waals surface area (Å²) in [5, 5.41) is 0. The molecule has 4 heteroatoms. The van der Waals surface area contributed by atoms with Crippen molar-refractivity contribution in [2.75, 3.05) is 6.73 Å². The number of esters is 1. The van der Waals surface area contributed by atoms with Crippen LogP contribution in [0.1, 0.15) is 29.3 Å². The van der Waals surface area contributed by atoms with Crippen LogP contribution in [0, 0.1) is 0 Å². The van der Waals surface area contributed by atoms with Crippen LogP contribution in [0.15, 0.2) is 48.5 Å². The van der Waals surface area contributed by atoms with Crippen molar-refractivity contribution in [1.82, 2.24) is 4.90 Å². The molecule has 4 rings (SSSR count). The van der Waals surface area contributed by atoms with E-state index in [4.69, 9.17) is 4.74 Å². The monoisotopic (exact) mass is 295 g/mol. The summed E-state index contributed by atoms with van der Waals surface area (Å²) in [6.07, 6.45) is 0.328. The second-order valence-electron chi connectivity index (χ2n) is 5.24. The summed E-state index contributed by atoms with van der Waals surface area (Å²) in [6.45, 7) is 2.29. The summed E-state index contributed by atoms with van der Waals surface area (Å²) in [4.78, 5) is 24.3. The molecule has 1 heterocycles. The molecule has 1 aliphatic heterocycles. The van der Waals surface area contributed by atoms with Gasteiger partial charge in [-0.3, -0.25) is 9.59 Å². The van der Waals surface area contributed by atoms with Crippen molar-refractivity contribution in [1.29, 1.82) is 0 Å². The lowest BCUT2D eigenvalue weighted by molar-refractivity contribution is -0.146. The van der Waals surface area contributed by atoms with Crippen molar-refractivity contribution in [3.8, 4) is 11.1 Å². The summed E-state index contributed by atoms with van der Waals surface area (Å²) in [5.41, 5.74) is 4.54. The molecule has 0 bridgehead atoms. The fraction of sp³-hybridized carbons (Fsp3) is 0.222. The normalized spacial score (nSPS) is 13.1. The quantitative estimate of drug-likeness (QED) is 0.697. The highest BCUT2D eigenvalue weighted by Gasteiger charge is 2.27. The molecule has 112 valence electrons. The molecule has 1 aromatic rings. The Morgan fingerprint density at radius 3 is 2.41 bits per heavy atom. The maximum atomic E-state index is 11.8. The number of nitrogens with zero attached hydrogens (tertiary/aromatic N) is 1. The molecule has 0 aromatic heterocycles. The number of fused-ring (bicyclic) bond motifs is 2. The van der Waals surface area contributed by atoms with Crippen LogP contribution < -0.4 is 0 Å². The second kappa shape index (κ2) is 6.02. The fourth-order valence-electron chi connectivity index (χ4n) is 2.35. The van der Waals surface area contributed by atoms with E-state index in [-0.39, 0.29) is 18.6 Å². The first-order valence-corrected chi connectivity index (χ1v) is 7.32. The summed E-state index contributed by atoms with van der Waals surface area (Å²) in [7, 11) is 0. The summed E-state index contributed by atoms with van der Waals surface area (Å²) in [5.74, 6) is -0.358. The van der Waals surface area contributed by atoms with E-state index in [1.807, 2.05) is 18.2 Å². The van der Waals surface area contributed by atoms with Crippen molar-refractivity contribution >= 4 is 11.9 Å². The number of hydrogen-bond acceptors (Lipinski definition) is 3. The Labute approximate surface area is 129 Å². The highest BCUT2D eigenvalue weighted by molar-refractivity contribution is 5.98. The minimum Gasteiger partial charge on any atom is -0.444 e. The van der Waals surface area contributed by atoms with Gasteiger partial charge in [0, 0.05) is 12.0 Å². The summed E-state index contributed by atoms with van der Waals surface area (Å²) >= 11 is 0.